The van der Waals surface area contributed by atoms with Gasteiger partial charge in [-0.3, -0.25) is 0 Å². The van der Waals surface area contributed by atoms with Crippen LogP contribution in [0.2, 0.25) is 0 Å². The van der Waals surface area contributed by atoms with Gasteiger partial charge in [0.15, 0.2) is 0 Å². The Morgan fingerprint density at radius 2 is 1.19 bits per heavy atom. The molecule has 0 N–H and O–H groups in total. The lowest BCUT2D eigenvalue weighted by Gasteiger charge is -2.34. The Bertz CT molecular complexity index is 771. The van der Waals surface area contributed by atoms with E-state index in [2.05, 4.69) is 106 Å². The first-order valence-electron chi connectivity index (χ1n) is 8.88. The maximum Gasteiger partial charge on any atom is 0.283 e. The van der Waals surface area contributed by atoms with Crippen LogP contribution >= 0.6 is 12.6 Å². The molecule has 1 atom stereocenters. The third-order valence-corrected chi connectivity index (χ3v) is 6.78. The quantitative estimate of drug-likeness (QED) is 0.492. The molecule has 0 saturated carbocycles. The average Bonchev–Trinajstić information content (AvgIpc) is 2.64. The van der Waals surface area contributed by atoms with Gasteiger partial charge in [0.2, 0.25) is 0 Å². The zero-order valence-electron chi connectivity index (χ0n) is 15.5. The van der Waals surface area contributed by atoms with Gasteiger partial charge in [-0.1, -0.05) is 93.6 Å². The zero-order chi connectivity index (χ0) is 18.6. The van der Waals surface area contributed by atoms with Crippen LogP contribution in [0.15, 0.2) is 89.8 Å². The van der Waals surface area contributed by atoms with Gasteiger partial charge in [0.1, 0.15) is 0 Å². The fourth-order valence-electron chi connectivity index (χ4n) is 2.99. The van der Waals surface area contributed by atoms with Gasteiger partial charge in [0.25, 0.3) is 9.04 Å². The van der Waals surface area contributed by atoms with Gasteiger partial charge in [-0.15, -0.1) is 12.6 Å². The number of hydrogen-bond acceptors (Lipinski definition) is 2. The van der Waals surface area contributed by atoms with E-state index in [1.54, 1.807) is 0 Å². The van der Waals surface area contributed by atoms with Crippen molar-refractivity contribution in [2.75, 3.05) is 0 Å². The topological polar surface area (TPSA) is 9.23 Å². The van der Waals surface area contributed by atoms with E-state index < -0.39 is 9.04 Å². The largest absolute Gasteiger partial charge is 0.400 e. The highest BCUT2D eigenvalue weighted by atomic mass is 32.1. The molecule has 1 unspecified atom stereocenters. The molecule has 3 rings (SSSR count). The maximum absolute atomic E-state index is 6.89. The molecular formula is C23H25OSSi. The van der Waals surface area contributed by atoms with Crippen LogP contribution in [0.5, 0.6) is 0 Å². The Labute approximate surface area is 164 Å². The van der Waals surface area contributed by atoms with Crippen LogP contribution in [0.1, 0.15) is 32.4 Å². The van der Waals surface area contributed by atoms with Gasteiger partial charge >= 0.3 is 0 Å². The average molecular weight is 378 g/mol. The van der Waals surface area contributed by atoms with Crippen molar-refractivity contribution in [2.24, 2.45) is 5.41 Å². The van der Waals surface area contributed by atoms with E-state index in [1.807, 2.05) is 12.1 Å². The Hall–Kier alpha value is -1.81. The van der Waals surface area contributed by atoms with E-state index in [4.69, 9.17) is 4.43 Å². The van der Waals surface area contributed by atoms with Crippen LogP contribution in [-0.4, -0.2) is 9.04 Å². The summed E-state index contributed by atoms with van der Waals surface area (Å²) in [6.45, 7) is 6.71. The highest BCUT2D eigenvalue weighted by Gasteiger charge is 2.32. The summed E-state index contributed by atoms with van der Waals surface area (Å²) in [6, 6.07) is 29.5. The fraction of sp³-hybridized carbons (Fsp3) is 0.217. The van der Waals surface area contributed by atoms with Gasteiger partial charge in [0.05, 0.1) is 6.10 Å². The normalized spacial score (nSPS) is 13.0. The van der Waals surface area contributed by atoms with Gasteiger partial charge < -0.3 is 4.43 Å². The van der Waals surface area contributed by atoms with Crippen molar-refractivity contribution in [3.63, 3.8) is 0 Å². The van der Waals surface area contributed by atoms with Crippen LogP contribution in [0.25, 0.3) is 0 Å². The summed E-state index contributed by atoms with van der Waals surface area (Å²) in [6.07, 6.45) is 0.00531. The molecule has 26 heavy (non-hydrogen) atoms. The lowest BCUT2D eigenvalue weighted by atomic mass is 9.85. The van der Waals surface area contributed by atoms with Crippen molar-refractivity contribution in [3.8, 4) is 0 Å². The Morgan fingerprint density at radius 3 is 1.62 bits per heavy atom. The molecule has 0 aliphatic heterocycles. The Kier molecular flexibility index (Phi) is 6.02. The molecule has 0 aromatic heterocycles. The lowest BCUT2D eigenvalue weighted by Crippen LogP contribution is -2.47. The lowest BCUT2D eigenvalue weighted by molar-refractivity contribution is 0.0896. The van der Waals surface area contributed by atoms with E-state index in [1.165, 1.54) is 15.9 Å². The molecule has 3 aromatic carbocycles. The minimum absolute atomic E-state index is 0.00531. The molecule has 0 bridgehead atoms. The number of hydrogen-bond donors (Lipinski definition) is 1. The molecule has 0 aliphatic carbocycles. The van der Waals surface area contributed by atoms with E-state index in [0.29, 0.717) is 0 Å². The maximum atomic E-state index is 6.89. The predicted molar refractivity (Wildman–Crippen MR) is 115 cm³/mol. The minimum Gasteiger partial charge on any atom is -0.400 e. The monoisotopic (exact) mass is 377 g/mol. The molecule has 0 heterocycles. The standard InChI is InChI=1S/C23H25OSSi/c1-23(2,3)22(18-14-16-19(25)17-15-18)24-26(20-10-6-4-7-11-20)21-12-8-5-9-13-21/h4-17,22,25H,1-3H3. The molecule has 0 amide bonds. The third-order valence-electron chi connectivity index (χ3n) is 4.29. The number of thiol groups is 1. The van der Waals surface area contributed by atoms with Gasteiger partial charge in [-0.25, -0.2) is 0 Å². The van der Waals surface area contributed by atoms with Crippen molar-refractivity contribution in [3.05, 3.63) is 90.5 Å². The Balaban J connectivity index is 2.01. The molecule has 1 nitrogen and oxygen atoms in total. The second-order valence-corrected chi connectivity index (χ2v) is 10.1. The number of benzene rings is 3. The van der Waals surface area contributed by atoms with Crippen molar-refractivity contribution >= 4 is 32.0 Å². The second-order valence-electron chi connectivity index (χ2n) is 7.52. The molecule has 0 aliphatic rings. The number of rotatable bonds is 5. The highest BCUT2D eigenvalue weighted by Crippen LogP contribution is 2.36. The van der Waals surface area contributed by atoms with Crippen LogP contribution in [0.3, 0.4) is 0 Å². The fourth-order valence-corrected chi connectivity index (χ4v) is 5.46. The SMILES string of the molecule is CC(C)(C)C(O[Si](c1ccccc1)c1ccccc1)c1ccc(S)cc1. The Morgan fingerprint density at radius 1 is 0.731 bits per heavy atom. The predicted octanol–water partition coefficient (Wildman–Crippen LogP) is 4.89. The molecule has 3 aromatic rings. The van der Waals surface area contributed by atoms with E-state index in [9.17, 15) is 0 Å². The molecule has 1 radical (unpaired) electrons. The molecular weight excluding hydrogens is 352 g/mol. The molecule has 0 spiro atoms. The molecule has 133 valence electrons. The van der Waals surface area contributed by atoms with Crippen LogP contribution in [-0.2, 0) is 4.43 Å². The zero-order valence-corrected chi connectivity index (χ0v) is 17.4. The van der Waals surface area contributed by atoms with Crippen molar-refractivity contribution in [1.29, 1.82) is 0 Å². The third kappa shape index (κ3) is 4.67. The van der Waals surface area contributed by atoms with Gasteiger partial charge in [-0.05, 0) is 33.5 Å². The molecule has 3 heteroatoms. The van der Waals surface area contributed by atoms with Gasteiger partial charge in [-0.2, -0.15) is 0 Å². The first-order valence-corrected chi connectivity index (χ1v) is 10.7. The first kappa shape index (κ1) is 19.0. The summed E-state index contributed by atoms with van der Waals surface area (Å²) in [5, 5.41) is 2.53. The van der Waals surface area contributed by atoms with Crippen molar-refractivity contribution in [1.82, 2.24) is 0 Å². The van der Waals surface area contributed by atoms with E-state index in [-0.39, 0.29) is 11.5 Å². The highest BCUT2D eigenvalue weighted by molar-refractivity contribution is 7.80. The first-order chi connectivity index (χ1) is 12.4. The van der Waals surface area contributed by atoms with Crippen LogP contribution in [0, 0.1) is 5.41 Å². The summed E-state index contributed by atoms with van der Waals surface area (Å²) >= 11 is 4.42. The van der Waals surface area contributed by atoms with E-state index >= 15 is 0 Å². The summed E-state index contributed by atoms with van der Waals surface area (Å²) in [4.78, 5) is 0.970. The second kappa shape index (κ2) is 8.25. The summed E-state index contributed by atoms with van der Waals surface area (Å²) in [7, 11) is -1.36. The van der Waals surface area contributed by atoms with Gasteiger partial charge in [0, 0.05) is 4.90 Å². The summed E-state index contributed by atoms with van der Waals surface area (Å²) in [5.41, 5.74) is 1.18. The molecule has 0 fully saturated rings. The van der Waals surface area contributed by atoms with E-state index in [0.717, 1.165) is 4.90 Å². The van der Waals surface area contributed by atoms with Crippen molar-refractivity contribution < 1.29 is 4.43 Å². The van der Waals surface area contributed by atoms with Crippen LogP contribution < -0.4 is 10.4 Å². The molecule has 0 saturated heterocycles. The van der Waals surface area contributed by atoms with Crippen molar-refractivity contribution in [2.45, 2.75) is 31.8 Å². The minimum atomic E-state index is -1.36. The smallest absolute Gasteiger partial charge is 0.283 e. The van der Waals surface area contributed by atoms with Crippen LogP contribution in [0.4, 0.5) is 0 Å². The summed E-state index contributed by atoms with van der Waals surface area (Å²) < 4.78 is 6.89. The summed E-state index contributed by atoms with van der Waals surface area (Å²) in [5.74, 6) is 0.